The normalized spacial score (nSPS) is 11.3. The number of rotatable bonds is 7. The van der Waals surface area contributed by atoms with Crippen molar-refractivity contribution in [2.75, 3.05) is 0 Å². The van der Waals surface area contributed by atoms with Gasteiger partial charge in [-0.1, -0.05) is 29.4 Å². The van der Waals surface area contributed by atoms with Crippen LogP contribution in [0.15, 0.2) is 65.7 Å². The summed E-state index contributed by atoms with van der Waals surface area (Å²) in [5.74, 6) is 1.36. The molecule has 0 aliphatic heterocycles. The third-order valence-corrected chi connectivity index (χ3v) is 5.21. The second-order valence-electron chi connectivity index (χ2n) is 7.51. The Morgan fingerprint density at radius 1 is 1.16 bits per heavy atom. The third-order valence-electron chi connectivity index (χ3n) is 5.21. The lowest BCUT2D eigenvalue weighted by Crippen LogP contribution is -2.21. The molecule has 1 N–H and O–H groups in total. The van der Waals surface area contributed by atoms with Crippen molar-refractivity contribution in [1.82, 2.24) is 24.6 Å². The van der Waals surface area contributed by atoms with Gasteiger partial charge in [0.1, 0.15) is 5.76 Å². The number of nitrogens with one attached hydrogen (secondary N) is 1. The summed E-state index contributed by atoms with van der Waals surface area (Å²) in [6.45, 7) is 7.05. The fraction of sp³-hybridized carbons (Fsp3) is 0.208. The largest absolute Gasteiger partial charge is 0.360 e. The van der Waals surface area contributed by atoms with Gasteiger partial charge in [0.05, 0.1) is 6.33 Å². The van der Waals surface area contributed by atoms with E-state index in [0.717, 1.165) is 46.2 Å². The SMILES string of the molecule is Cc1cc(-n2c(C)cc(/C=C/C(=O)NCc3ccccc3Cn3ccnc3)c2C)no1. The van der Waals surface area contributed by atoms with Crippen LogP contribution in [0, 0.1) is 20.8 Å². The Morgan fingerprint density at radius 2 is 1.97 bits per heavy atom. The second kappa shape index (κ2) is 8.87. The molecule has 0 aliphatic carbocycles. The van der Waals surface area contributed by atoms with Crippen molar-refractivity contribution in [2.24, 2.45) is 0 Å². The minimum Gasteiger partial charge on any atom is -0.360 e. The van der Waals surface area contributed by atoms with Crippen molar-refractivity contribution in [3.63, 3.8) is 0 Å². The third kappa shape index (κ3) is 4.66. The average molecular weight is 415 g/mol. The standard InChI is InChI=1S/C24H25N5O2/c1-17-12-20(19(3)29(17)23-13-18(2)31-27-23)8-9-24(30)26-14-21-6-4-5-7-22(21)15-28-11-10-25-16-28/h4-13,16H,14-15H2,1-3H3,(H,26,30)/b9-8+. The number of aromatic nitrogens is 4. The van der Waals surface area contributed by atoms with Crippen LogP contribution in [-0.2, 0) is 17.9 Å². The van der Waals surface area contributed by atoms with Crippen molar-refractivity contribution in [1.29, 1.82) is 0 Å². The van der Waals surface area contributed by atoms with Gasteiger partial charge in [0, 0.05) is 49.0 Å². The lowest BCUT2D eigenvalue weighted by molar-refractivity contribution is -0.116. The van der Waals surface area contributed by atoms with E-state index in [9.17, 15) is 4.79 Å². The van der Waals surface area contributed by atoms with Crippen LogP contribution in [0.2, 0.25) is 0 Å². The molecule has 3 heterocycles. The molecule has 0 saturated heterocycles. The van der Waals surface area contributed by atoms with E-state index in [0.29, 0.717) is 6.54 Å². The highest BCUT2D eigenvalue weighted by Crippen LogP contribution is 2.21. The molecule has 1 aromatic carbocycles. The van der Waals surface area contributed by atoms with Crippen LogP contribution < -0.4 is 5.32 Å². The van der Waals surface area contributed by atoms with Crippen molar-refractivity contribution in [2.45, 2.75) is 33.9 Å². The van der Waals surface area contributed by atoms with Gasteiger partial charge in [0.15, 0.2) is 5.82 Å². The number of benzene rings is 1. The number of hydrogen-bond acceptors (Lipinski definition) is 4. The van der Waals surface area contributed by atoms with Gasteiger partial charge < -0.3 is 14.4 Å². The lowest BCUT2D eigenvalue weighted by atomic mass is 10.1. The van der Waals surface area contributed by atoms with Gasteiger partial charge in [-0.25, -0.2) is 4.98 Å². The average Bonchev–Trinajstić information content (AvgIpc) is 3.47. The van der Waals surface area contributed by atoms with Crippen LogP contribution in [0.3, 0.4) is 0 Å². The number of carbonyl (C=O) groups is 1. The molecule has 0 spiro atoms. The zero-order valence-electron chi connectivity index (χ0n) is 17.9. The molecule has 0 saturated carbocycles. The zero-order valence-corrected chi connectivity index (χ0v) is 17.9. The van der Waals surface area contributed by atoms with Crippen molar-refractivity contribution >= 4 is 12.0 Å². The van der Waals surface area contributed by atoms with E-state index in [1.807, 2.05) is 72.5 Å². The summed E-state index contributed by atoms with van der Waals surface area (Å²) in [6, 6.07) is 12.0. The minimum atomic E-state index is -0.139. The van der Waals surface area contributed by atoms with E-state index >= 15 is 0 Å². The molecule has 4 rings (SSSR count). The second-order valence-corrected chi connectivity index (χ2v) is 7.51. The zero-order chi connectivity index (χ0) is 21.8. The molecule has 4 aromatic rings. The Kier molecular flexibility index (Phi) is 5.84. The molecule has 0 atom stereocenters. The quantitative estimate of drug-likeness (QED) is 0.464. The Balaban J connectivity index is 1.42. The predicted octanol–water partition coefficient (Wildman–Crippen LogP) is 3.96. The topological polar surface area (TPSA) is 77.9 Å². The van der Waals surface area contributed by atoms with E-state index in [1.54, 1.807) is 18.6 Å². The summed E-state index contributed by atoms with van der Waals surface area (Å²) in [5, 5.41) is 7.07. The molecule has 158 valence electrons. The summed E-state index contributed by atoms with van der Waals surface area (Å²) < 4.78 is 9.22. The summed E-state index contributed by atoms with van der Waals surface area (Å²) in [5.41, 5.74) is 5.22. The first-order valence-corrected chi connectivity index (χ1v) is 10.1. The van der Waals surface area contributed by atoms with Crippen LogP contribution in [0.1, 0.15) is 33.8 Å². The summed E-state index contributed by atoms with van der Waals surface area (Å²) >= 11 is 0. The molecule has 7 nitrogen and oxygen atoms in total. The number of aryl methyl sites for hydroxylation is 2. The Morgan fingerprint density at radius 3 is 2.68 bits per heavy atom. The van der Waals surface area contributed by atoms with E-state index in [4.69, 9.17) is 4.52 Å². The first-order valence-electron chi connectivity index (χ1n) is 10.1. The van der Waals surface area contributed by atoms with Crippen LogP contribution in [0.4, 0.5) is 0 Å². The molecule has 0 bridgehead atoms. The number of amides is 1. The van der Waals surface area contributed by atoms with E-state index < -0.39 is 0 Å². The molecule has 1 amide bonds. The first-order chi connectivity index (χ1) is 15.0. The maximum atomic E-state index is 12.4. The van der Waals surface area contributed by atoms with Gasteiger partial charge >= 0.3 is 0 Å². The summed E-state index contributed by atoms with van der Waals surface area (Å²) in [7, 11) is 0. The molecule has 0 aliphatic rings. The van der Waals surface area contributed by atoms with Gasteiger partial charge in [0.25, 0.3) is 0 Å². The van der Waals surface area contributed by atoms with Crippen molar-refractivity contribution in [3.05, 3.63) is 95.0 Å². The highest BCUT2D eigenvalue weighted by atomic mass is 16.5. The monoisotopic (exact) mass is 415 g/mol. The van der Waals surface area contributed by atoms with Gasteiger partial charge in [-0.15, -0.1) is 0 Å². The number of carbonyl (C=O) groups excluding carboxylic acids is 1. The highest BCUT2D eigenvalue weighted by Gasteiger charge is 2.12. The molecule has 7 heteroatoms. The first kappa shape index (κ1) is 20.4. The Labute approximate surface area is 181 Å². The van der Waals surface area contributed by atoms with Crippen LogP contribution in [0.5, 0.6) is 0 Å². The highest BCUT2D eigenvalue weighted by molar-refractivity contribution is 5.91. The Hall–Kier alpha value is -3.87. The number of hydrogen-bond donors (Lipinski definition) is 1. The van der Waals surface area contributed by atoms with E-state index in [-0.39, 0.29) is 5.91 Å². The van der Waals surface area contributed by atoms with Gasteiger partial charge in [-0.05, 0) is 49.6 Å². The van der Waals surface area contributed by atoms with Crippen molar-refractivity contribution in [3.8, 4) is 5.82 Å². The molecular formula is C24H25N5O2. The predicted molar refractivity (Wildman–Crippen MR) is 119 cm³/mol. The molecule has 0 radical (unpaired) electrons. The lowest BCUT2D eigenvalue weighted by Gasteiger charge is -2.10. The smallest absolute Gasteiger partial charge is 0.244 e. The van der Waals surface area contributed by atoms with Gasteiger partial charge in [0.2, 0.25) is 5.91 Å². The molecule has 0 unspecified atom stereocenters. The Bertz CT molecular complexity index is 1210. The van der Waals surface area contributed by atoms with E-state index in [1.165, 1.54) is 0 Å². The fourth-order valence-electron chi connectivity index (χ4n) is 3.64. The summed E-state index contributed by atoms with van der Waals surface area (Å²) in [6.07, 6.45) is 8.87. The molecule has 0 fully saturated rings. The fourth-order valence-corrected chi connectivity index (χ4v) is 3.64. The molecule has 3 aromatic heterocycles. The van der Waals surface area contributed by atoms with E-state index in [2.05, 4.69) is 21.5 Å². The van der Waals surface area contributed by atoms with Crippen molar-refractivity contribution < 1.29 is 9.32 Å². The maximum Gasteiger partial charge on any atom is 0.244 e. The minimum absolute atomic E-state index is 0.139. The summed E-state index contributed by atoms with van der Waals surface area (Å²) in [4.78, 5) is 16.5. The maximum absolute atomic E-state index is 12.4. The van der Waals surface area contributed by atoms with Gasteiger partial charge in [-0.2, -0.15) is 0 Å². The number of nitrogens with zero attached hydrogens (tertiary/aromatic N) is 4. The van der Waals surface area contributed by atoms with Crippen LogP contribution >= 0.6 is 0 Å². The number of imidazole rings is 1. The van der Waals surface area contributed by atoms with Crippen LogP contribution in [-0.4, -0.2) is 25.2 Å². The molecular weight excluding hydrogens is 390 g/mol. The molecule has 31 heavy (non-hydrogen) atoms. The van der Waals surface area contributed by atoms with Crippen LogP contribution in [0.25, 0.3) is 11.9 Å². The van der Waals surface area contributed by atoms with Gasteiger partial charge in [-0.3, -0.25) is 9.36 Å².